The number of rotatable bonds is 4. The monoisotopic (exact) mass is 225 g/mol. The van der Waals surface area contributed by atoms with Gasteiger partial charge in [0.15, 0.2) is 0 Å². The predicted octanol–water partition coefficient (Wildman–Crippen LogP) is 2.82. The number of ether oxygens (including phenoxy) is 1. The van der Waals surface area contributed by atoms with Gasteiger partial charge in [-0.15, -0.1) is 11.3 Å². The third-order valence-corrected chi connectivity index (χ3v) is 3.93. The van der Waals surface area contributed by atoms with Crippen molar-refractivity contribution in [3.63, 3.8) is 0 Å². The van der Waals surface area contributed by atoms with Gasteiger partial charge in [0.25, 0.3) is 0 Å². The maximum absolute atomic E-state index is 5.66. The van der Waals surface area contributed by atoms with Crippen molar-refractivity contribution in [3.05, 3.63) is 22.4 Å². The van der Waals surface area contributed by atoms with Gasteiger partial charge in [0.1, 0.15) is 0 Å². The molecule has 1 saturated heterocycles. The maximum atomic E-state index is 5.66. The SMILES string of the molecule is CCNC(c1cccs1)C1COC(C)C1. The standard InChI is InChI=1S/C12H19NOS/c1-3-13-12(11-5-4-6-15-11)10-7-9(2)14-8-10/h4-6,9-10,12-13H,3,7-8H2,1-2H3. The van der Waals surface area contributed by atoms with E-state index in [1.165, 1.54) is 11.3 Å². The minimum atomic E-state index is 0.427. The summed E-state index contributed by atoms with van der Waals surface area (Å²) in [5.74, 6) is 0.638. The van der Waals surface area contributed by atoms with Crippen molar-refractivity contribution in [2.75, 3.05) is 13.2 Å². The molecule has 15 heavy (non-hydrogen) atoms. The van der Waals surface area contributed by atoms with E-state index in [1.54, 1.807) is 0 Å². The van der Waals surface area contributed by atoms with E-state index >= 15 is 0 Å². The highest BCUT2D eigenvalue weighted by Crippen LogP contribution is 2.33. The molecule has 1 aliphatic heterocycles. The van der Waals surface area contributed by atoms with Crippen LogP contribution in [0.25, 0.3) is 0 Å². The van der Waals surface area contributed by atoms with Crippen LogP contribution in [0.15, 0.2) is 17.5 Å². The Labute approximate surface area is 95.6 Å². The zero-order valence-corrected chi connectivity index (χ0v) is 10.2. The highest BCUT2D eigenvalue weighted by molar-refractivity contribution is 7.10. The Kier molecular flexibility index (Phi) is 3.78. The lowest BCUT2D eigenvalue weighted by Crippen LogP contribution is -2.27. The van der Waals surface area contributed by atoms with E-state index < -0.39 is 0 Å². The number of thiophene rings is 1. The zero-order chi connectivity index (χ0) is 10.7. The van der Waals surface area contributed by atoms with Gasteiger partial charge < -0.3 is 10.1 Å². The van der Waals surface area contributed by atoms with Gasteiger partial charge in [0.2, 0.25) is 0 Å². The van der Waals surface area contributed by atoms with Crippen LogP contribution in [0.4, 0.5) is 0 Å². The number of hydrogen-bond acceptors (Lipinski definition) is 3. The molecular weight excluding hydrogens is 206 g/mol. The summed E-state index contributed by atoms with van der Waals surface area (Å²) >= 11 is 1.84. The molecule has 0 aliphatic carbocycles. The molecule has 0 radical (unpaired) electrons. The van der Waals surface area contributed by atoms with Crippen molar-refractivity contribution in [3.8, 4) is 0 Å². The van der Waals surface area contributed by atoms with Crippen molar-refractivity contribution in [1.82, 2.24) is 5.32 Å². The molecule has 1 aliphatic rings. The Bertz CT molecular complexity index is 286. The van der Waals surface area contributed by atoms with Crippen molar-refractivity contribution >= 4 is 11.3 Å². The summed E-state index contributed by atoms with van der Waals surface area (Å²) in [6, 6.07) is 4.84. The van der Waals surface area contributed by atoms with Crippen molar-refractivity contribution in [1.29, 1.82) is 0 Å². The Morgan fingerprint density at radius 3 is 3.07 bits per heavy atom. The second-order valence-electron chi connectivity index (χ2n) is 4.19. The van der Waals surface area contributed by atoms with Crippen LogP contribution in [0, 0.1) is 5.92 Å². The summed E-state index contributed by atoms with van der Waals surface area (Å²) in [5, 5.41) is 5.73. The molecule has 0 spiro atoms. The van der Waals surface area contributed by atoms with E-state index in [0.29, 0.717) is 18.1 Å². The predicted molar refractivity (Wildman–Crippen MR) is 64.3 cm³/mol. The normalized spacial score (nSPS) is 28.1. The van der Waals surface area contributed by atoms with Crippen LogP contribution >= 0.6 is 11.3 Å². The fourth-order valence-corrected chi connectivity index (χ4v) is 3.16. The Morgan fingerprint density at radius 2 is 2.53 bits per heavy atom. The second kappa shape index (κ2) is 5.10. The Balaban J connectivity index is 2.06. The molecule has 0 amide bonds. The first-order valence-electron chi connectivity index (χ1n) is 5.69. The summed E-state index contributed by atoms with van der Waals surface area (Å²) in [6.07, 6.45) is 1.60. The van der Waals surface area contributed by atoms with Gasteiger partial charge in [-0.3, -0.25) is 0 Å². The van der Waals surface area contributed by atoms with Crippen molar-refractivity contribution in [2.45, 2.75) is 32.4 Å². The minimum Gasteiger partial charge on any atom is -0.378 e. The number of hydrogen-bond donors (Lipinski definition) is 1. The Hall–Kier alpha value is -0.380. The first-order valence-corrected chi connectivity index (χ1v) is 6.57. The molecule has 2 rings (SSSR count). The number of nitrogens with one attached hydrogen (secondary N) is 1. The average Bonchev–Trinajstić information content (AvgIpc) is 2.85. The third-order valence-electron chi connectivity index (χ3n) is 2.97. The molecule has 2 nitrogen and oxygen atoms in total. The largest absolute Gasteiger partial charge is 0.378 e. The van der Waals surface area contributed by atoms with Gasteiger partial charge >= 0.3 is 0 Å². The molecular formula is C12H19NOS. The molecule has 0 bridgehead atoms. The molecule has 0 aromatic carbocycles. The van der Waals surface area contributed by atoms with E-state index in [1.807, 2.05) is 11.3 Å². The highest BCUT2D eigenvalue weighted by atomic mass is 32.1. The summed E-state index contributed by atoms with van der Waals surface area (Å²) in [7, 11) is 0. The van der Waals surface area contributed by atoms with Gasteiger partial charge in [0, 0.05) is 16.8 Å². The van der Waals surface area contributed by atoms with E-state index in [2.05, 4.69) is 36.7 Å². The lowest BCUT2D eigenvalue weighted by molar-refractivity contribution is 0.117. The molecule has 0 saturated carbocycles. The summed E-state index contributed by atoms with van der Waals surface area (Å²) in [6.45, 7) is 6.25. The van der Waals surface area contributed by atoms with Crippen molar-refractivity contribution < 1.29 is 4.74 Å². The lowest BCUT2D eigenvalue weighted by Gasteiger charge is -2.22. The topological polar surface area (TPSA) is 21.3 Å². The summed E-state index contributed by atoms with van der Waals surface area (Å²) in [5.41, 5.74) is 0. The molecule has 3 heteroatoms. The van der Waals surface area contributed by atoms with Crippen LogP contribution < -0.4 is 5.32 Å². The van der Waals surface area contributed by atoms with Crippen LogP contribution in [0.5, 0.6) is 0 Å². The fourth-order valence-electron chi connectivity index (χ4n) is 2.27. The smallest absolute Gasteiger partial charge is 0.0551 e. The lowest BCUT2D eigenvalue weighted by atomic mass is 9.95. The average molecular weight is 225 g/mol. The second-order valence-corrected chi connectivity index (χ2v) is 5.17. The molecule has 1 N–H and O–H groups in total. The van der Waals surface area contributed by atoms with Crippen molar-refractivity contribution in [2.24, 2.45) is 5.92 Å². The zero-order valence-electron chi connectivity index (χ0n) is 9.40. The summed E-state index contributed by atoms with van der Waals surface area (Å²) in [4.78, 5) is 1.44. The van der Waals surface area contributed by atoms with Gasteiger partial charge in [-0.1, -0.05) is 13.0 Å². The van der Waals surface area contributed by atoms with Gasteiger partial charge in [0.05, 0.1) is 12.7 Å². The first-order chi connectivity index (χ1) is 7.31. The highest BCUT2D eigenvalue weighted by Gasteiger charge is 2.30. The Morgan fingerprint density at radius 1 is 1.67 bits per heavy atom. The van der Waals surface area contributed by atoms with E-state index in [9.17, 15) is 0 Å². The molecule has 1 aromatic rings. The van der Waals surface area contributed by atoms with Gasteiger partial charge in [-0.2, -0.15) is 0 Å². The fraction of sp³-hybridized carbons (Fsp3) is 0.667. The van der Waals surface area contributed by atoms with Crippen LogP contribution in [0.3, 0.4) is 0 Å². The molecule has 1 fully saturated rings. The van der Waals surface area contributed by atoms with Gasteiger partial charge in [-0.05, 0) is 31.3 Å². The molecule has 3 atom stereocenters. The van der Waals surface area contributed by atoms with E-state index in [4.69, 9.17) is 4.74 Å². The molecule has 84 valence electrons. The van der Waals surface area contributed by atoms with E-state index in [-0.39, 0.29) is 0 Å². The van der Waals surface area contributed by atoms with E-state index in [0.717, 1.165) is 13.2 Å². The van der Waals surface area contributed by atoms with Gasteiger partial charge in [-0.25, -0.2) is 0 Å². The maximum Gasteiger partial charge on any atom is 0.0551 e. The summed E-state index contributed by atoms with van der Waals surface area (Å²) < 4.78 is 5.66. The molecule has 2 heterocycles. The first kappa shape index (κ1) is 11.1. The third kappa shape index (κ3) is 2.60. The van der Waals surface area contributed by atoms with Crippen LogP contribution in [-0.2, 0) is 4.74 Å². The quantitative estimate of drug-likeness (QED) is 0.851. The molecule has 1 aromatic heterocycles. The minimum absolute atomic E-state index is 0.427. The van der Waals surface area contributed by atoms with Crippen LogP contribution in [0.2, 0.25) is 0 Å². The van der Waals surface area contributed by atoms with Crippen LogP contribution in [-0.4, -0.2) is 19.3 Å². The molecule has 3 unspecified atom stereocenters. The van der Waals surface area contributed by atoms with Crippen LogP contribution in [0.1, 0.15) is 31.2 Å².